The van der Waals surface area contributed by atoms with Crippen LogP contribution in [0.2, 0.25) is 0 Å². The van der Waals surface area contributed by atoms with Crippen LogP contribution < -0.4 is 47.7 Å². The maximum Gasteiger partial charge on any atom is 0.106 e. The molecule has 294 valence electrons. The summed E-state index contributed by atoms with van der Waals surface area (Å²) >= 11 is 0. The zero-order valence-corrected chi connectivity index (χ0v) is 33.5. The van der Waals surface area contributed by atoms with Crippen molar-refractivity contribution in [1.82, 2.24) is 0 Å². The molecule has 7 aromatic rings. The largest absolute Gasteiger partial charge is 0.353 e. The fourth-order valence-electron chi connectivity index (χ4n) is 8.00. The lowest BCUT2D eigenvalue weighted by atomic mass is 9.91. The Morgan fingerprint density at radius 3 is 0.857 bits per heavy atom. The van der Waals surface area contributed by atoms with Crippen LogP contribution in [0.3, 0.4) is 0 Å². The molecule has 3 N–H and O–H groups in total. The predicted molar refractivity (Wildman–Crippen MR) is 246 cm³/mol. The maximum atomic E-state index is 11.2. The van der Waals surface area contributed by atoms with E-state index in [1.165, 1.54) is 0 Å². The first-order chi connectivity index (χ1) is 31.1. The number of anilines is 3. The van der Waals surface area contributed by atoms with Gasteiger partial charge in [0.05, 0.1) is 49.9 Å². The van der Waals surface area contributed by atoms with Crippen LogP contribution in [-0.4, -0.2) is 0 Å². The van der Waals surface area contributed by atoms with Crippen LogP contribution in [0.15, 0.2) is 214 Å². The highest BCUT2D eigenvalue weighted by Crippen LogP contribution is 2.36. The molecule has 3 aliphatic rings. The van der Waals surface area contributed by atoms with E-state index in [0.29, 0.717) is 66.9 Å². The summed E-state index contributed by atoms with van der Waals surface area (Å²) in [6, 6.07) is 65.2. The highest BCUT2D eigenvalue weighted by atomic mass is 15.0. The average Bonchev–Trinajstić information content (AvgIpc) is 4.00. The van der Waals surface area contributed by atoms with Gasteiger partial charge in [-0.1, -0.05) is 109 Å². The quantitative estimate of drug-likeness (QED) is 0.133. The molecule has 0 amide bonds. The molecule has 7 aromatic carbocycles. The van der Waals surface area contributed by atoms with E-state index >= 15 is 0 Å². The van der Waals surface area contributed by atoms with Crippen LogP contribution in [0, 0.1) is 34.0 Å². The molecule has 3 aliphatic heterocycles. The van der Waals surface area contributed by atoms with Crippen molar-refractivity contribution in [3.63, 3.8) is 0 Å². The molecule has 0 fully saturated rings. The van der Waals surface area contributed by atoms with Gasteiger partial charge < -0.3 is 16.0 Å². The number of fused-ring (bicyclic) bond motifs is 3. The van der Waals surface area contributed by atoms with Crippen molar-refractivity contribution in [3.8, 4) is 18.2 Å². The van der Waals surface area contributed by atoms with Crippen LogP contribution in [0.4, 0.5) is 17.1 Å². The standard InChI is InChI=1S/C54H33N9/c55-31-43(52-49(58-37-16-4-1-5-17-37)40-22-10-13-25-46(40)61-52)34-28-35(44(32-56)53-50(59-38-18-6-2-7-19-38)41-23-11-14-26-47(41)62-53)30-36(29-34)45(33-57)54-51(60-39-20-8-3-9-21-39)42-24-12-15-27-48(42)63-54/h1-30,58-60H/b52-43-,53-44-,54-45-. The van der Waals surface area contributed by atoms with Gasteiger partial charge in [0.15, 0.2) is 0 Å². The lowest BCUT2D eigenvalue weighted by molar-refractivity contribution is 1.30. The summed E-state index contributed by atoms with van der Waals surface area (Å²) in [6.07, 6.45) is 0. The lowest BCUT2D eigenvalue weighted by Crippen LogP contribution is -2.24. The molecule has 0 atom stereocenters. The van der Waals surface area contributed by atoms with E-state index in [9.17, 15) is 15.8 Å². The van der Waals surface area contributed by atoms with Gasteiger partial charge in [0, 0.05) is 32.7 Å². The van der Waals surface area contributed by atoms with Crippen molar-refractivity contribution in [2.45, 2.75) is 0 Å². The number of benzene rings is 7. The molecule has 10 rings (SSSR count). The summed E-state index contributed by atoms with van der Waals surface area (Å²) in [5.74, 6) is 0. The van der Waals surface area contributed by atoms with E-state index in [1.54, 1.807) is 0 Å². The number of allylic oxidation sites excluding steroid dienone is 3. The first-order valence-electron chi connectivity index (χ1n) is 20.2. The number of para-hydroxylation sites is 6. The third-order valence-electron chi connectivity index (χ3n) is 10.9. The van der Waals surface area contributed by atoms with Crippen molar-refractivity contribution in [2.24, 2.45) is 15.0 Å². The lowest BCUT2D eigenvalue weighted by Gasteiger charge is -2.16. The van der Waals surface area contributed by atoms with Crippen molar-refractivity contribution >= 4 is 50.9 Å². The van der Waals surface area contributed by atoms with E-state index in [0.717, 1.165) is 32.7 Å². The second-order valence-corrected chi connectivity index (χ2v) is 14.8. The van der Waals surface area contributed by atoms with Crippen molar-refractivity contribution < 1.29 is 0 Å². The molecule has 9 nitrogen and oxygen atoms in total. The average molecular weight is 808 g/mol. The van der Waals surface area contributed by atoms with Crippen LogP contribution in [0.25, 0.3) is 33.8 Å². The van der Waals surface area contributed by atoms with Gasteiger partial charge in [-0.15, -0.1) is 0 Å². The van der Waals surface area contributed by atoms with E-state index < -0.39 is 0 Å². The summed E-state index contributed by atoms with van der Waals surface area (Å²) in [6.45, 7) is 0. The second-order valence-electron chi connectivity index (χ2n) is 14.8. The molecular formula is C54H33N9. The van der Waals surface area contributed by atoms with Gasteiger partial charge in [0.2, 0.25) is 0 Å². The van der Waals surface area contributed by atoms with Crippen molar-refractivity contribution in [1.29, 1.82) is 15.8 Å². The number of hydrogen-bond acceptors (Lipinski definition) is 9. The van der Waals surface area contributed by atoms with Crippen LogP contribution in [-0.2, 0) is 0 Å². The van der Waals surface area contributed by atoms with Gasteiger partial charge in [-0.25, -0.2) is 15.0 Å². The van der Waals surface area contributed by atoms with Gasteiger partial charge >= 0.3 is 0 Å². The summed E-state index contributed by atoms with van der Waals surface area (Å²) in [5.41, 5.74) is 7.81. The summed E-state index contributed by atoms with van der Waals surface area (Å²) in [7, 11) is 0. The van der Waals surface area contributed by atoms with Gasteiger partial charge in [0.1, 0.15) is 35.3 Å². The topological polar surface area (TPSA) is 145 Å². The normalized spacial score (nSPS) is 15.5. The summed E-state index contributed by atoms with van der Waals surface area (Å²) < 4.78 is 0. The number of rotatable bonds is 9. The maximum absolute atomic E-state index is 11.2. The Hall–Kier alpha value is -9.36. The zero-order valence-electron chi connectivity index (χ0n) is 33.5. The first kappa shape index (κ1) is 37.9. The van der Waals surface area contributed by atoms with Crippen molar-refractivity contribution in [2.75, 3.05) is 16.0 Å². The number of hydrogen-bond donors (Lipinski definition) is 3. The molecule has 0 aromatic heterocycles. The first-order valence-corrected chi connectivity index (χ1v) is 20.2. The van der Waals surface area contributed by atoms with Crippen LogP contribution >= 0.6 is 0 Å². The van der Waals surface area contributed by atoms with Gasteiger partial charge in [0.25, 0.3) is 0 Å². The zero-order chi connectivity index (χ0) is 42.7. The highest BCUT2D eigenvalue weighted by Gasteiger charge is 2.26. The fraction of sp³-hybridized carbons (Fsp3) is 0. The smallest absolute Gasteiger partial charge is 0.106 e. The van der Waals surface area contributed by atoms with E-state index in [-0.39, 0.29) is 16.7 Å². The Morgan fingerprint density at radius 2 is 0.587 bits per heavy atom. The fourth-order valence-corrected chi connectivity index (χ4v) is 8.00. The van der Waals surface area contributed by atoms with E-state index in [1.807, 2.05) is 182 Å². The molecule has 9 heteroatoms. The summed E-state index contributed by atoms with van der Waals surface area (Å²) in [5, 5.41) is 48.9. The monoisotopic (exact) mass is 807 g/mol. The minimum absolute atomic E-state index is 0.244. The molecule has 0 bridgehead atoms. The number of nitrogens with zero attached hydrogens (tertiary/aromatic N) is 6. The predicted octanol–water partition coefficient (Wildman–Crippen LogP) is 7.05. The van der Waals surface area contributed by atoms with Crippen LogP contribution in [0.5, 0.6) is 0 Å². The minimum atomic E-state index is 0.244. The van der Waals surface area contributed by atoms with E-state index in [4.69, 9.17) is 15.0 Å². The molecular weight excluding hydrogens is 775 g/mol. The molecule has 0 spiro atoms. The van der Waals surface area contributed by atoms with E-state index in [2.05, 4.69) is 34.2 Å². The molecule has 3 heterocycles. The Kier molecular flexibility index (Phi) is 9.83. The molecule has 0 aliphatic carbocycles. The van der Waals surface area contributed by atoms with Crippen LogP contribution in [0.1, 0.15) is 16.7 Å². The van der Waals surface area contributed by atoms with Crippen molar-refractivity contribution in [3.05, 3.63) is 248 Å². The molecule has 0 radical (unpaired) electrons. The number of nitrogens with one attached hydrogen (secondary N) is 3. The van der Waals surface area contributed by atoms with Gasteiger partial charge in [-0.3, -0.25) is 0 Å². The minimum Gasteiger partial charge on any atom is -0.353 e. The summed E-state index contributed by atoms with van der Waals surface area (Å²) in [4.78, 5) is 15.1. The Morgan fingerprint density at radius 1 is 0.333 bits per heavy atom. The third kappa shape index (κ3) is 7.13. The van der Waals surface area contributed by atoms with Gasteiger partial charge in [-0.2, -0.15) is 15.8 Å². The molecule has 0 saturated heterocycles. The second kappa shape index (κ2) is 16.4. The highest BCUT2D eigenvalue weighted by molar-refractivity contribution is 5.99. The molecule has 0 saturated carbocycles. The van der Waals surface area contributed by atoms with Gasteiger partial charge in [-0.05, 0) is 89.5 Å². The Bertz CT molecular complexity index is 3260. The number of nitriles is 3. The Balaban J connectivity index is 1.25. The molecule has 0 unspecified atom stereocenters. The third-order valence-corrected chi connectivity index (χ3v) is 10.9. The molecule has 63 heavy (non-hydrogen) atoms. The Labute approximate surface area is 362 Å². The SMILES string of the molecule is N#C/C(=C1/N=c2ccccc2=C1Nc1ccccc1)c1cc(/C(C#N)=C2\N=c3ccccc3=C2Nc2ccccc2)cc(/C(C#N)=C2\N=c3ccccc3=C2Nc2ccccc2)c1.